The Balaban J connectivity index is 3.11. The van der Waals surface area contributed by atoms with Crippen LogP contribution in [0.1, 0.15) is 52.9 Å². The first-order chi connectivity index (χ1) is 5.56. The Kier molecular flexibility index (Phi) is 6.09. The Morgan fingerprint density at radius 3 is 2.33 bits per heavy atom. The quantitative estimate of drug-likeness (QED) is 0.479. The van der Waals surface area contributed by atoms with Gasteiger partial charge in [0.05, 0.1) is 5.60 Å². The zero-order valence-electron chi connectivity index (χ0n) is 8.64. The predicted octanol–water partition coefficient (Wildman–Crippen LogP) is 3.28. The standard InChI is InChI=1S/C11H22O/c1-4-5-6-7-8-9-10-11(2,3)12/h4-5,12H,6-10H2,1-3H3. The van der Waals surface area contributed by atoms with E-state index >= 15 is 0 Å². The fraction of sp³-hybridized carbons (Fsp3) is 0.818. The van der Waals surface area contributed by atoms with Crippen molar-refractivity contribution in [2.45, 2.75) is 58.5 Å². The molecule has 1 nitrogen and oxygen atoms in total. The lowest BCUT2D eigenvalue weighted by molar-refractivity contribution is 0.0681. The highest BCUT2D eigenvalue weighted by Crippen LogP contribution is 2.13. The van der Waals surface area contributed by atoms with Crippen LogP contribution in [0.15, 0.2) is 12.2 Å². The molecule has 0 rings (SSSR count). The van der Waals surface area contributed by atoms with Crippen LogP contribution in [0, 0.1) is 0 Å². The van der Waals surface area contributed by atoms with Crippen LogP contribution in [-0.4, -0.2) is 10.7 Å². The monoisotopic (exact) mass is 170 g/mol. The summed E-state index contributed by atoms with van der Waals surface area (Å²) < 4.78 is 0. The van der Waals surface area contributed by atoms with Crippen molar-refractivity contribution in [1.29, 1.82) is 0 Å². The van der Waals surface area contributed by atoms with Gasteiger partial charge in [-0.1, -0.05) is 25.0 Å². The number of rotatable bonds is 6. The number of allylic oxidation sites excluding steroid dienone is 2. The minimum Gasteiger partial charge on any atom is -0.390 e. The van der Waals surface area contributed by atoms with Crippen LogP contribution in [-0.2, 0) is 0 Å². The highest BCUT2D eigenvalue weighted by Gasteiger charge is 2.10. The largest absolute Gasteiger partial charge is 0.390 e. The average Bonchev–Trinajstić information content (AvgIpc) is 1.94. The molecule has 0 atom stereocenters. The molecule has 0 saturated heterocycles. The van der Waals surface area contributed by atoms with E-state index in [-0.39, 0.29) is 0 Å². The Morgan fingerprint density at radius 1 is 1.17 bits per heavy atom. The maximum Gasteiger partial charge on any atom is 0.0591 e. The van der Waals surface area contributed by atoms with Crippen LogP contribution in [0.25, 0.3) is 0 Å². The third-order valence-corrected chi connectivity index (χ3v) is 1.90. The summed E-state index contributed by atoms with van der Waals surface area (Å²) in [6.45, 7) is 5.80. The molecule has 1 heteroatoms. The molecule has 72 valence electrons. The molecule has 0 aliphatic rings. The molecule has 0 aromatic carbocycles. The summed E-state index contributed by atoms with van der Waals surface area (Å²) in [5.41, 5.74) is -0.472. The summed E-state index contributed by atoms with van der Waals surface area (Å²) in [4.78, 5) is 0. The molecule has 0 radical (unpaired) electrons. The Bertz CT molecular complexity index is 119. The van der Waals surface area contributed by atoms with Crippen LogP contribution in [0.4, 0.5) is 0 Å². The van der Waals surface area contributed by atoms with Gasteiger partial charge in [0, 0.05) is 0 Å². The predicted molar refractivity (Wildman–Crippen MR) is 54.2 cm³/mol. The molecule has 0 amide bonds. The Labute approximate surface area is 76.5 Å². The van der Waals surface area contributed by atoms with Crippen LogP contribution in [0.3, 0.4) is 0 Å². The van der Waals surface area contributed by atoms with Crippen LogP contribution in [0.2, 0.25) is 0 Å². The topological polar surface area (TPSA) is 20.2 Å². The van der Waals surface area contributed by atoms with E-state index in [4.69, 9.17) is 0 Å². The highest BCUT2D eigenvalue weighted by atomic mass is 16.3. The molecule has 0 saturated carbocycles. The zero-order chi connectivity index (χ0) is 9.45. The minimum atomic E-state index is -0.472. The van der Waals surface area contributed by atoms with Gasteiger partial charge in [0.2, 0.25) is 0 Å². The summed E-state index contributed by atoms with van der Waals surface area (Å²) in [6.07, 6.45) is 10.0. The van der Waals surface area contributed by atoms with E-state index in [1.165, 1.54) is 19.3 Å². The first kappa shape index (κ1) is 11.7. The van der Waals surface area contributed by atoms with Gasteiger partial charge in [0.15, 0.2) is 0 Å². The van der Waals surface area contributed by atoms with Gasteiger partial charge in [-0.05, 0) is 40.0 Å². The van der Waals surface area contributed by atoms with Crippen molar-refractivity contribution >= 4 is 0 Å². The molecular weight excluding hydrogens is 148 g/mol. The van der Waals surface area contributed by atoms with E-state index in [9.17, 15) is 5.11 Å². The van der Waals surface area contributed by atoms with Gasteiger partial charge < -0.3 is 5.11 Å². The second-order valence-corrected chi connectivity index (χ2v) is 3.98. The molecule has 0 unspecified atom stereocenters. The Morgan fingerprint density at radius 2 is 1.83 bits per heavy atom. The maximum absolute atomic E-state index is 9.41. The number of hydrogen-bond acceptors (Lipinski definition) is 1. The lowest BCUT2D eigenvalue weighted by Crippen LogP contribution is -2.17. The molecule has 0 spiro atoms. The van der Waals surface area contributed by atoms with Gasteiger partial charge in [-0.2, -0.15) is 0 Å². The Hall–Kier alpha value is -0.300. The molecule has 0 bridgehead atoms. The van der Waals surface area contributed by atoms with Gasteiger partial charge in [-0.3, -0.25) is 0 Å². The number of hydrogen-bond donors (Lipinski definition) is 1. The third-order valence-electron chi connectivity index (χ3n) is 1.90. The van der Waals surface area contributed by atoms with E-state index in [1.807, 2.05) is 13.8 Å². The van der Waals surface area contributed by atoms with Gasteiger partial charge in [-0.25, -0.2) is 0 Å². The molecule has 0 fully saturated rings. The van der Waals surface area contributed by atoms with Crippen molar-refractivity contribution in [3.05, 3.63) is 12.2 Å². The van der Waals surface area contributed by atoms with Crippen LogP contribution in [0.5, 0.6) is 0 Å². The summed E-state index contributed by atoms with van der Waals surface area (Å²) in [7, 11) is 0. The molecule has 0 aliphatic carbocycles. The summed E-state index contributed by atoms with van der Waals surface area (Å²) in [5.74, 6) is 0. The maximum atomic E-state index is 9.41. The first-order valence-corrected chi connectivity index (χ1v) is 4.90. The molecular formula is C11H22O. The second kappa shape index (κ2) is 6.24. The molecule has 1 N–H and O–H groups in total. The fourth-order valence-electron chi connectivity index (χ4n) is 1.16. The highest BCUT2D eigenvalue weighted by molar-refractivity contribution is 4.76. The molecule has 0 aromatic rings. The minimum absolute atomic E-state index is 0.472. The van der Waals surface area contributed by atoms with E-state index < -0.39 is 5.60 Å². The fourth-order valence-corrected chi connectivity index (χ4v) is 1.16. The summed E-state index contributed by atoms with van der Waals surface area (Å²) in [6, 6.07) is 0. The average molecular weight is 170 g/mol. The van der Waals surface area contributed by atoms with E-state index in [1.54, 1.807) is 0 Å². The third kappa shape index (κ3) is 9.70. The molecule has 0 aromatic heterocycles. The van der Waals surface area contributed by atoms with Gasteiger partial charge in [0.1, 0.15) is 0 Å². The zero-order valence-corrected chi connectivity index (χ0v) is 8.64. The van der Waals surface area contributed by atoms with Crippen molar-refractivity contribution in [3.8, 4) is 0 Å². The summed E-state index contributed by atoms with van der Waals surface area (Å²) >= 11 is 0. The van der Waals surface area contributed by atoms with Crippen LogP contribution >= 0.6 is 0 Å². The van der Waals surface area contributed by atoms with Gasteiger partial charge >= 0.3 is 0 Å². The SMILES string of the molecule is CC=CCCCCCC(C)(C)O. The lowest BCUT2D eigenvalue weighted by Gasteiger charge is -2.15. The van der Waals surface area contributed by atoms with Crippen LogP contribution < -0.4 is 0 Å². The van der Waals surface area contributed by atoms with Gasteiger partial charge in [0.25, 0.3) is 0 Å². The van der Waals surface area contributed by atoms with E-state index in [0.717, 1.165) is 12.8 Å². The molecule has 12 heavy (non-hydrogen) atoms. The van der Waals surface area contributed by atoms with Gasteiger partial charge in [-0.15, -0.1) is 0 Å². The molecule has 0 aliphatic heterocycles. The van der Waals surface area contributed by atoms with E-state index in [0.29, 0.717) is 0 Å². The van der Waals surface area contributed by atoms with E-state index in [2.05, 4.69) is 19.1 Å². The second-order valence-electron chi connectivity index (χ2n) is 3.98. The normalized spacial score (nSPS) is 12.7. The molecule has 0 heterocycles. The van der Waals surface area contributed by atoms with Crippen molar-refractivity contribution in [3.63, 3.8) is 0 Å². The lowest BCUT2D eigenvalue weighted by atomic mass is 10.0. The smallest absolute Gasteiger partial charge is 0.0591 e. The first-order valence-electron chi connectivity index (χ1n) is 4.90. The summed E-state index contributed by atoms with van der Waals surface area (Å²) in [5, 5.41) is 9.41. The van der Waals surface area contributed by atoms with Crippen molar-refractivity contribution in [1.82, 2.24) is 0 Å². The van der Waals surface area contributed by atoms with Crippen molar-refractivity contribution in [2.75, 3.05) is 0 Å². The number of unbranched alkanes of at least 4 members (excludes halogenated alkanes) is 3. The van der Waals surface area contributed by atoms with Crippen molar-refractivity contribution in [2.24, 2.45) is 0 Å². The number of aliphatic hydroxyl groups is 1. The van der Waals surface area contributed by atoms with Crippen molar-refractivity contribution < 1.29 is 5.11 Å².